The molecular formula is C47H51NO14. The van der Waals surface area contributed by atoms with Gasteiger partial charge in [0.25, 0.3) is 5.91 Å². The Balaban J connectivity index is 1.39. The lowest BCUT2D eigenvalue weighted by Gasteiger charge is -2.67. The van der Waals surface area contributed by atoms with Crippen LogP contribution in [-0.2, 0) is 42.9 Å². The zero-order valence-corrected chi connectivity index (χ0v) is 35.2. The Morgan fingerprint density at radius 1 is 0.823 bits per heavy atom. The van der Waals surface area contributed by atoms with Crippen LogP contribution < -0.4 is 5.32 Å². The maximum Gasteiger partial charge on any atom is 0.338 e. The number of aliphatic hydroxyl groups excluding tert-OH is 2. The number of nitrogens with one attached hydrogen (secondary N) is 1. The van der Waals surface area contributed by atoms with E-state index < -0.39 is 113 Å². The smallest absolute Gasteiger partial charge is 0.338 e. The summed E-state index contributed by atoms with van der Waals surface area (Å²) in [6, 6.07) is 22.9. The molecule has 15 heteroatoms. The van der Waals surface area contributed by atoms with Crippen molar-refractivity contribution < 1.29 is 67.8 Å². The molecule has 4 N–H and O–H groups in total. The molecule has 1 heterocycles. The van der Waals surface area contributed by atoms with E-state index >= 15 is 4.79 Å². The van der Waals surface area contributed by atoms with Gasteiger partial charge in [-0.1, -0.05) is 80.6 Å². The molecule has 62 heavy (non-hydrogen) atoms. The van der Waals surface area contributed by atoms with Crippen molar-refractivity contribution in [2.24, 2.45) is 16.7 Å². The standard InChI is InChI=1S/C47H51NO14/c1-25-31(60-43(56)36(52)35(28-16-10-7-11-17-28)48-41(54)29-18-12-8-13-19-29)23-47(57)40(61-42(55)30-20-14-9-15-21-30)38-45(6,32(51)22-33-46(38,24-58-33)62-27(3)50)39(53)37(59-26(2)49)34(25)44(47,4)5/h7-21,31-33,35-38,40,51-52,57H,22-24H2,1-6H3,(H,48,54)/t31-,32-,33+,35-,36+,37+,38?,40?,45+,46-,47+/m0/s1. The van der Waals surface area contributed by atoms with Crippen molar-refractivity contribution in [3.8, 4) is 0 Å². The predicted molar refractivity (Wildman–Crippen MR) is 218 cm³/mol. The summed E-state index contributed by atoms with van der Waals surface area (Å²) < 4.78 is 30.3. The second kappa shape index (κ2) is 16.5. The van der Waals surface area contributed by atoms with Gasteiger partial charge in [-0.05, 0) is 54.8 Å². The number of fused-ring (bicyclic) bond motifs is 5. The molecule has 11 atom stereocenters. The van der Waals surface area contributed by atoms with Crippen LogP contribution in [0.25, 0.3) is 0 Å². The number of carbonyl (C=O) groups is 6. The number of Topliss-reactive ketones (excluding diaryl/α,β-unsaturated/α-hetero) is 1. The van der Waals surface area contributed by atoms with Gasteiger partial charge in [-0.15, -0.1) is 0 Å². The van der Waals surface area contributed by atoms with Crippen molar-refractivity contribution in [2.45, 2.75) is 108 Å². The fourth-order valence-corrected chi connectivity index (χ4v) is 10.2. The molecular weight excluding hydrogens is 803 g/mol. The number of amides is 1. The molecule has 2 bridgehead atoms. The molecule has 1 saturated heterocycles. The number of aliphatic hydroxyl groups is 3. The van der Waals surface area contributed by atoms with Crippen molar-refractivity contribution in [2.75, 3.05) is 6.61 Å². The summed E-state index contributed by atoms with van der Waals surface area (Å²) in [5.74, 6) is -6.84. The van der Waals surface area contributed by atoms with Gasteiger partial charge in [-0.3, -0.25) is 19.2 Å². The first kappa shape index (κ1) is 44.3. The molecule has 1 aliphatic heterocycles. The lowest BCUT2D eigenvalue weighted by atomic mass is 9.44. The van der Waals surface area contributed by atoms with E-state index in [9.17, 15) is 39.3 Å². The summed E-state index contributed by atoms with van der Waals surface area (Å²) in [6.07, 6.45) is -10.5. The SMILES string of the molecule is CC(=O)O[C@H]1C(=O)[C@@]2(C)C(C(OC(=O)c3ccccc3)[C@]3(O)C[C@H](OC(=O)[C@H](O)[C@@H](NC(=O)c4ccccc4)c4ccccc4)C(C)=C1C3(C)C)[C@]1(OC(C)=O)CO[C@@H]1C[C@@H]2O. The third-order valence-corrected chi connectivity index (χ3v) is 13.5. The maximum absolute atomic E-state index is 15.5. The molecule has 3 aromatic rings. The quantitative estimate of drug-likeness (QED) is 0.130. The number of rotatable bonds is 10. The van der Waals surface area contributed by atoms with Crippen molar-refractivity contribution >= 4 is 35.6 Å². The van der Waals surface area contributed by atoms with Crippen LogP contribution in [0.3, 0.4) is 0 Å². The van der Waals surface area contributed by atoms with Gasteiger partial charge in [0.05, 0.1) is 35.6 Å². The molecule has 0 spiro atoms. The Bertz CT molecular complexity index is 2280. The molecule has 0 aromatic heterocycles. The Kier molecular flexibility index (Phi) is 11.8. The van der Waals surface area contributed by atoms with Crippen LogP contribution in [-0.4, -0.2) is 105 Å². The van der Waals surface area contributed by atoms with Crippen molar-refractivity contribution in [3.63, 3.8) is 0 Å². The molecule has 15 nitrogen and oxygen atoms in total. The highest BCUT2D eigenvalue weighted by Crippen LogP contribution is 2.64. The summed E-state index contributed by atoms with van der Waals surface area (Å²) in [7, 11) is 0. The first-order valence-corrected chi connectivity index (χ1v) is 20.5. The third kappa shape index (κ3) is 7.29. The molecule has 4 aliphatic rings. The van der Waals surface area contributed by atoms with Gasteiger partial charge < -0.3 is 44.3 Å². The van der Waals surface area contributed by atoms with E-state index in [-0.39, 0.29) is 35.3 Å². The van der Waals surface area contributed by atoms with E-state index in [1.165, 1.54) is 26.0 Å². The number of esters is 4. The van der Waals surface area contributed by atoms with E-state index in [1.807, 2.05) is 0 Å². The van der Waals surface area contributed by atoms with Crippen molar-refractivity contribution in [3.05, 3.63) is 119 Å². The van der Waals surface area contributed by atoms with E-state index in [4.69, 9.17) is 23.7 Å². The highest BCUT2D eigenvalue weighted by molar-refractivity contribution is 5.96. The van der Waals surface area contributed by atoms with Crippen LogP contribution in [0.4, 0.5) is 0 Å². The first-order valence-electron chi connectivity index (χ1n) is 20.5. The molecule has 2 unspecified atom stereocenters. The molecule has 1 amide bonds. The second-order valence-electron chi connectivity index (χ2n) is 17.4. The number of hydrogen-bond donors (Lipinski definition) is 4. The minimum absolute atomic E-state index is 0.00289. The summed E-state index contributed by atoms with van der Waals surface area (Å²) in [4.78, 5) is 83.5. The number of ether oxygens (including phenoxy) is 5. The van der Waals surface area contributed by atoms with Gasteiger partial charge in [0.2, 0.25) is 0 Å². The van der Waals surface area contributed by atoms with E-state index in [2.05, 4.69) is 5.32 Å². The minimum atomic E-state index is -2.39. The third-order valence-electron chi connectivity index (χ3n) is 13.5. The van der Waals surface area contributed by atoms with E-state index in [0.29, 0.717) is 5.56 Å². The highest BCUT2D eigenvalue weighted by Gasteiger charge is 2.78. The van der Waals surface area contributed by atoms with Gasteiger partial charge >= 0.3 is 23.9 Å². The topological polar surface area (TPSA) is 221 Å². The number of carbonyl (C=O) groups excluding carboxylic acids is 6. The van der Waals surface area contributed by atoms with Crippen LogP contribution in [0.1, 0.15) is 86.7 Å². The Morgan fingerprint density at radius 3 is 1.95 bits per heavy atom. The molecule has 0 radical (unpaired) electrons. The van der Waals surface area contributed by atoms with Gasteiger partial charge in [0.15, 0.2) is 23.6 Å². The minimum Gasteiger partial charge on any atom is -0.456 e. The zero-order valence-electron chi connectivity index (χ0n) is 35.2. The van der Waals surface area contributed by atoms with Gasteiger partial charge in [0.1, 0.15) is 23.9 Å². The molecule has 2 saturated carbocycles. The fraction of sp³-hybridized carbons (Fsp3) is 0.447. The summed E-state index contributed by atoms with van der Waals surface area (Å²) in [5, 5.41) is 40.2. The van der Waals surface area contributed by atoms with E-state index in [0.717, 1.165) is 13.8 Å². The molecule has 3 fully saturated rings. The Labute approximate surface area is 358 Å². The average molecular weight is 854 g/mol. The van der Waals surface area contributed by atoms with E-state index in [1.54, 1.807) is 92.7 Å². The second-order valence-corrected chi connectivity index (χ2v) is 17.4. The monoisotopic (exact) mass is 853 g/mol. The summed E-state index contributed by atoms with van der Waals surface area (Å²) in [5.41, 5.74) is -7.02. The van der Waals surface area contributed by atoms with Crippen LogP contribution in [0.2, 0.25) is 0 Å². The van der Waals surface area contributed by atoms with Crippen LogP contribution in [0, 0.1) is 16.7 Å². The Hall–Kier alpha value is -5.74. The molecule has 3 aliphatic carbocycles. The number of hydrogen-bond acceptors (Lipinski definition) is 14. The van der Waals surface area contributed by atoms with Crippen molar-refractivity contribution in [1.29, 1.82) is 0 Å². The number of ketones is 1. The van der Waals surface area contributed by atoms with Gasteiger partial charge in [-0.25, -0.2) is 9.59 Å². The molecule has 328 valence electrons. The molecule has 3 aromatic carbocycles. The highest BCUT2D eigenvalue weighted by atomic mass is 16.6. The van der Waals surface area contributed by atoms with Crippen LogP contribution in [0.15, 0.2) is 102 Å². The zero-order chi connectivity index (χ0) is 44.9. The lowest BCUT2D eigenvalue weighted by molar-refractivity contribution is -0.346. The Morgan fingerprint density at radius 2 is 1.40 bits per heavy atom. The van der Waals surface area contributed by atoms with Gasteiger partial charge in [0, 0.05) is 37.7 Å². The summed E-state index contributed by atoms with van der Waals surface area (Å²) in [6.45, 7) is 7.97. The average Bonchev–Trinajstić information content (AvgIpc) is 3.24. The largest absolute Gasteiger partial charge is 0.456 e. The predicted octanol–water partition coefficient (Wildman–Crippen LogP) is 3.74. The fourth-order valence-electron chi connectivity index (χ4n) is 10.2. The molecule has 7 rings (SSSR count). The normalized spacial score (nSPS) is 31.9. The lowest BCUT2D eigenvalue weighted by Crippen LogP contribution is -2.82. The van der Waals surface area contributed by atoms with Crippen LogP contribution >= 0.6 is 0 Å². The van der Waals surface area contributed by atoms with Crippen LogP contribution in [0.5, 0.6) is 0 Å². The number of benzene rings is 3. The van der Waals surface area contributed by atoms with Gasteiger partial charge in [-0.2, -0.15) is 0 Å². The maximum atomic E-state index is 15.5. The van der Waals surface area contributed by atoms with Crippen molar-refractivity contribution in [1.82, 2.24) is 5.32 Å². The summed E-state index contributed by atoms with van der Waals surface area (Å²) >= 11 is 0. The first-order chi connectivity index (χ1) is 29.3.